The van der Waals surface area contributed by atoms with Crippen molar-refractivity contribution in [3.63, 3.8) is 0 Å². The number of H-pyrrole nitrogens is 2. The number of anilines is 2. The molecule has 0 radical (unpaired) electrons. The number of ether oxygens (including phenoxy) is 1. The van der Waals surface area contributed by atoms with Crippen LogP contribution in [0.15, 0.2) is 43.4 Å². The van der Waals surface area contributed by atoms with Gasteiger partial charge in [0.25, 0.3) is 11.1 Å². The summed E-state index contributed by atoms with van der Waals surface area (Å²) >= 11 is 0. The van der Waals surface area contributed by atoms with Gasteiger partial charge in [0.15, 0.2) is 0 Å². The van der Waals surface area contributed by atoms with E-state index >= 15 is 0 Å². The minimum atomic E-state index is -0.809. The summed E-state index contributed by atoms with van der Waals surface area (Å²) in [5.41, 5.74) is -0.964. The number of hydrogen-bond donors (Lipinski definition) is 3. The summed E-state index contributed by atoms with van der Waals surface area (Å²) in [5, 5.41) is 2.90. The molecule has 1 aliphatic rings. The van der Waals surface area contributed by atoms with Crippen LogP contribution in [-0.4, -0.2) is 26.2 Å². The third-order valence-corrected chi connectivity index (χ3v) is 5.59. The molecule has 1 aromatic carbocycles. The Bertz CT molecular complexity index is 1330. The van der Waals surface area contributed by atoms with Crippen LogP contribution in [0.3, 0.4) is 0 Å². The van der Waals surface area contributed by atoms with Crippen molar-refractivity contribution < 1.29 is 4.74 Å². The Morgan fingerprint density at radius 1 is 0.875 bits per heavy atom. The number of hydrogen-bond acceptors (Lipinski definition) is 6. The smallest absolute Gasteiger partial charge is 0.329 e. The van der Waals surface area contributed by atoms with E-state index in [1.54, 1.807) is 24.3 Å². The molecule has 168 valence electrons. The number of nitrogens with zero attached hydrogens (tertiary/aromatic N) is 2. The fourth-order valence-corrected chi connectivity index (χ4v) is 4.18. The van der Waals surface area contributed by atoms with Crippen molar-refractivity contribution in [3.8, 4) is 5.75 Å². The standard InChI is InChI=1S/C22H25N5O5/c1-4-9-26-19(28)15-14(12-7-6-8-13(11-12)32-3)16-18(23-17(15)24-21(26)30)25-22(31)27(10-5-2)20(16)29/h6-8,11,14,23H,4-5,9-10H2,1-3H3,(H,24,30)(H,25,31). The molecule has 0 saturated carbocycles. The first-order chi connectivity index (χ1) is 15.4. The topological polar surface area (TPSA) is 131 Å². The fraction of sp³-hybridized carbons (Fsp3) is 0.364. The van der Waals surface area contributed by atoms with Gasteiger partial charge in [0.2, 0.25) is 0 Å². The van der Waals surface area contributed by atoms with Gasteiger partial charge in [0, 0.05) is 13.1 Å². The van der Waals surface area contributed by atoms with Gasteiger partial charge in [0.05, 0.1) is 24.2 Å². The molecule has 10 heteroatoms. The summed E-state index contributed by atoms with van der Waals surface area (Å²) in [5.74, 6) is 0.0731. The highest BCUT2D eigenvalue weighted by Gasteiger charge is 2.35. The molecule has 0 amide bonds. The minimum Gasteiger partial charge on any atom is -0.497 e. The van der Waals surface area contributed by atoms with Crippen LogP contribution in [0.2, 0.25) is 0 Å². The van der Waals surface area contributed by atoms with E-state index in [1.165, 1.54) is 7.11 Å². The first kappa shape index (κ1) is 21.4. The largest absolute Gasteiger partial charge is 0.497 e. The Morgan fingerprint density at radius 2 is 1.41 bits per heavy atom. The number of rotatable bonds is 6. The molecule has 0 spiro atoms. The number of aromatic amines is 2. The zero-order chi connectivity index (χ0) is 23.0. The van der Waals surface area contributed by atoms with Gasteiger partial charge in [-0.25, -0.2) is 9.59 Å². The SMILES string of the molecule is CCCn1c(=O)[nH]c2c(c1=O)C(c1cccc(OC)c1)c1c([nH]c(=O)n(CCC)c1=O)N2. The van der Waals surface area contributed by atoms with Crippen LogP contribution in [0.25, 0.3) is 0 Å². The van der Waals surface area contributed by atoms with E-state index in [0.29, 0.717) is 24.2 Å². The molecule has 0 bridgehead atoms. The second-order valence-corrected chi connectivity index (χ2v) is 7.69. The average molecular weight is 439 g/mol. The molecule has 4 rings (SSSR count). The van der Waals surface area contributed by atoms with Gasteiger partial charge in [0.1, 0.15) is 17.4 Å². The second kappa shape index (κ2) is 8.37. The number of fused-ring (bicyclic) bond motifs is 2. The summed E-state index contributed by atoms with van der Waals surface area (Å²) in [6, 6.07) is 7.06. The fourth-order valence-electron chi connectivity index (χ4n) is 4.18. The summed E-state index contributed by atoms with van der Waals surface area (Å²) in [6.45, 7) is 4.22. The van der Waals surface area contributed by atoms with Gasteiger partial charge in [-0.1, -0.05) is 26.0 Å². The molecule has 0 aliphatic carbocycles. The Balaban J connectivity index is 2.11. The lowest BCUT2D eigenvalue weighted by molar-refractivity contribution is 0.414. The molecule has 10 nitrogen and oxygen atoms in total. The highest BCUT2D eigenvalue weighted by Crippen LogP contribution is 2.39. The average Bonchev–Trinajstić information content (AvgIpc) is 2.78. The van der Waals surface area contributed by atoms with Gasteiger partial charge in [-0.3, -0.25) is 28.7 Å². The normalized spacial score (nSPS) is 12.7. The first-order valence-corrected chi connectivity index (χ1v) is 10.6. The molecule has 3 heterocycles. The second-order valence-electron chi connectivity index (χ2n) is 7.69. The third-order valence-electron chi connectivity index (χ3n) is 5.59. The quantitative estimate of drug-likeness (QED) is 0.417. The van der Waals surface area contributed by atoms with Crippen LogP contribution < -0.4 is 32.6 Å². The number of aromatic nitrogens is 4. The third kappa shape index (κ3) is 3.37. The molecule has 3 aromatic rings. The van der Waals surface area contributed by atoms with Crippen molar-refractivity contribution in [2.45, 2.75) is 45.7 Å². The summed E-state index contributed by atoms with van der Waals surface area (Å²) in [7, 11) is 1.53. The lowest BCUT2D eigenvalue weighted by Gasteiger charge is -2.28. The van der Waals surface area contributed by atoms with Crippen LogP contribution in [-0.2, 0) is 13.1 Å². The first-order valence-electron chi connectivity index (χ1n) is 10.6. The van der Waals surface area contributed by atoms with Gasteiger partial charge >= 0.3 is 11.4 Å². The van der Waals surface area contributed by atoms with Crippen LogP contribution in [0.1, 0.15) is 49.3 Å². The van der Waals surface area contributed by atoms with E-state index < -0.39 is 28.4 Å². The predicted molar refractivity (Wildman–Crippen MR) is 120 cm³/mol. The zero-order valence-corrected chi connectivity index (χ0v) is 18.2. The Labute approximate surface area is 182 Å². The summed E-state index contributed by atoms with van der Waals surface area (Å²) in [4.78, 5) is 57.4. The molecule has 0 atom stereocenters. The molecule has 1 aliphatic heterocycles. The maximum absolute atomic E-state index is 13.5. The van der Waals surface area contributed by atoms with Gasteiger partial charge in [-0.05, 0) is 30.5 Å². The van der Waals surface area contributed by atoms with Crippen molar-refractivity contribution in [2.24, 2.45) is 0 Å². The molecular formula is C22H25N5O5. The van der Waals surface area contributed by atoms with Gasteiger partial charge in [-0.2, -0.15) is 0 Å². The predicted octanol–water partition coefficient (Wildman–Crippen LogP) is 1.45. The lowest BCUT2D eigenvalue weighted by Crippen LogP contribution is -2.44. The van der Waals surface area contributed by atoms with Crippen molar-refractivity contribution in [2.75, 3.05) is 12.4 Å². The Hall–Kier alpha value is -3.82. The highest BCUT2D eigenvalue weighted by molar-refractivity contribution is 5.69. The maximum Gasteiger partial charge on any atom is 0.329 e. The molecule has 2 aromatic heterocycles. The van der Waals surface area contributed by atoms with Gasteiger partial charge in [-0.15, -0.1) is 0 Å². The van der Waals surface area contributed by atoms with E-state index in [4.69, 9.17) is 4.74 Å². The zero-order valence-electron chi connectivity index (χ0n) is 18.2. The number of methoxy groups -OCH3 is 1. The molecule has 3 N–H and O–H groups in total. The molecule has 0 saturated heterocycles. The van der Waals surface area contributed by atoms with Crippen LogP contribution in [0.5, 0.6) is 5.75 Å². The van der Waals surface area contributed by atoms with E-state index in [1.807, 2.05) is 13.8 Å². The van der Waals surface area contributed by atoms with E-state index in [-0.39, 0.29) is 35.9 Å². The Kier molecular flexibility index (Phi) is 5.60. The summed E-state index contributed by atoms with van der Waals surface area (Å²) in [6.07, 6.45) is 1.18. The van der Waals surface area contributed by atoms with Crippen molar-refractivity contribution >= 4 is 11.6 Å². The lowest BCUT2D eigenvalue weighted by atomic mass is 9.84. The molecule has 0 unspecified atom stereocenters. The van der Waals surface area contributed by atoms with E-state index in [9.17, 15) is 19.2 Å². The maximum atomic E-state index is 13.5. The van der Waals surface area contributed by atoms with Crippen molar-refractivity contribution in [1.29, 1.82) is 0 Å². The monoisotopic (exact) mass is 439 g/mol. The van der Waals surface area contributed by atoms with Crippen LogP contribution in [0.4, 0.5) is 11.6 Å². The Morgan fingerprint density at radius 3 is 1.88 bits per heavy atom. The molecular weight excluding hydrogens is 414 g/mol. The molecule has 0 fully saturated rings. The minimum absolute atomic E-state index is 0.163. The van der Waals surface area contributed by atoms with E-state index in [0.717, 1.165) is 9.13 Å². The van der Waals surface area contributed by atoms with Crippen molar-refractivity contribution in [1.82, 2.24) is 19.1 Å². The molecule has 32 heavy (non-hydrogen) atoms. The number of nitrogens with one attached hydrogen (secondary N) is 3. The van der Waals surface area contributed by atoms with Gasteiger partial charge < -0.3 is 10.1 Å². The van der Waals surface area contributed by atoms with Crippen molar-refractivity contribution in [3.05, 3.63) is 82.6 Å². The van der Waals surface area contributed by atoms with Crippen LogP contribution in [0, 0.1) is 0 Å². The highest BCUT2D eigenvalue weighted by atomic mass is 16.5. The number of benzene rings is 1. The van der Waals surface area contributed by atoms with E-state index in [2.05, 4.69) is 15.3 Å². The van der Waals surface area contributed by atoms with Crippen LogP contribution >= 0.6 is 0 Å². The summed E-state index contributed by atoms with van der Waals surface area (Å²) < 4.78 is 7.61.